The molecule has 1 heterocycles. The Labute approximate surface area is 228 Å². The van der Waals surface area contributed by atoms with Crippen molar-refractivity contribution in [1.29, 1.82) is 0 Å². The van der Waals surface area contributed by atoms with E-state index in [2.05, 4.69) is 21.2 Å². The van der Waals surface area contributed by atoms with Gasteiger partial charge in [-0.15, -0.1) is 0 Å². The van der Waals surface area contributed by atoms with Gasteiger partial charge in [-0.2, -0.15) is 5.10 Å². The number of benzene rings is 2. The fourth-order valence-electron chi connectivity index (χ4n) is 4.02. The van der Waals surface area contributed by atoms with Gasteiger partial charge >= 0.3 is 6.09 Å². The number of amides is 3. The fraction of sp³-hybridized carbons (Fsp3) is 0.379. The zero-order chi connectivity index (χ0) is 28.2. The summed E-state index contributed by atoms with van der Waals surface area (Å²) in [5, 5.41) is 10.4. The first-order chi connectivity index (χ1) is 18.8. The zero-order valence-electron chi connectivity index (χ0n) is 22.7. The van der Waals surface area contributed by atoms with Crippen LogP contribution in [0.15, 0.2) is 64.1 Å². The van der Waals surface area contributed by atoms with Gasteiger partial charge in [0, 0.05) is 11.6 Å². The lowest BCUT2D eigenvalue weighted by Crippen LogP contribution is -2.50. The van der Waals surface area contributed by atoms with Crippen LogP contribution in [0.3, 0.4) is 0 Å². The van der Waals surface area contributed by atoms with Crippen molar-refractivity contribution in [2.24, 2.45) is 11.0 Å². The highest BCUT2D eigenvalue weighted by Crippen LogP contribution is 2.28. The van der Waals surface area contributed by atoms with E-state index in [9.17, 15) is 14.4 Å². The Kier molecular flexibility index (Phi) is 10.9. The first-order valence-electron chi connectivity index (χ1n) is 13.0. The fourth-order valence-corrected chi connectivity index (χ4v) is 4.02. The van der Waals surface area contributed by atoms with Crippen LogP contribution >= 0.6 is 0 Å². The molecule has 3 rings (SSSR count). The van der Waals surface area contributed by atoms with Gasteiger partial charge in [0.1, 0.15) is 6.04 Å². The summed E-state index contributed by atoms with van der Waals surface area (Å²) in [4.78, 5) is 38.1. The van der Waals surface area contributed by atoms with E-state index in [1.807, 2.05) is 50.2 Å². The van der Waals surface area contributed by atoms with Crippen LogP contribution in [0.5, 0.6) is 5.75 Å². The monoisotopic (exact) mass is 536 g/mol. The van der Waals surface area contributed by atoms with Crippen LogP contribution in [0, 0.1) is 5.92 Å². The van der Waals surface area contributed by atoms with E-state index in [1.165, 1.54) is 13.3 Å². The lowest BCUT2D eigenvalue weighted by atomic mass is 10.0. The normalized spacial score (nSPS) is 12.7. The number of ether oxygens (including phenoxy) is 2. The number of nitrogens with zero attached hydrogens (tertiary/aromatic N) is 1. The summed E-state index contributed by atoms with van der Waals surface area (Å²) in [7, 11) is 1.53. The van der Waals surface area contributed by atoms with E-state index in [0.717, 1.165) is 10.9 Å². The van der Waals surface area contributed by atoms with E-state index in [4.69, 9.17) is 13.9 Å². The highest BCUT2D eigenvalue weighted by molar-refractivity contribution is 5.99. The minimum Gasteiger partial charge on any atom is -0.493 e. The highest BCUT2D eigenvalue weighted by atomic mass is 16.5. The van der Waals surface area contributed by atoms with E-state index in [0.29, 0.717) is 30.6 Å². The molecule has 0 bridgehead atoms. The molecule has 0 saturated carbocycles. The molecule has 0 aliphatic rings. The molecule has 3 aromatic rings. The number of rotatable bonds is 13. The summed E-state index contributed by atoms with van der Waals surface area (Å²) in [5.41, 5.74) is 3.84. The average Bonchev–Trinajstić information content (AvgIpc) is 3.36. The quantitative estimate of drug-likeness (QED) is 0.219. The lowest BCUT2D eigenvalue weighted by molar-refractivity contribution is -0.123. The number of nitrogens with one attached hydrogen (secondary N) is 3. The Balaban J connectivity index is 1.73. The molecule has 2 atom stereocenters. The summed E-state index contributed by atoms with van der Waals surface area (Å²) >= 11 is 0. The summed E-state index contributed by atoms with van der Waals surface area (Å²) < 4.78 is 15.9. The van der Waals surface area contributed by atoms with Gasteiger partial charge in [-0.25, -0.2) is 10.2 Å². The minimum atomic E-state index is -0.821. The Hall–Kier alpha value is -4.34. The standard InChI is InChI=1S/C29H36N4O6/c1-5-38-29(36)33-30-18-22(15-14-20-10-7-6-8-11-20)31-27(34)23(16-19(2)3)32-28(35)25-17-21-12-9-13-24(37-4)26(21)39-25/h6-13,17-19,22-23H,5,14-16H2,1-4H3,(H,31,34)(H,32,35)(H,33,36)/b30-18+/t22-,23-/m0/s1. The van der Waals surface area contributed by atoms with Crippen molar-refractivity contribution >= 4 is 35.1 Å². The lowest BCUT2D eigenvalue weighted by Gasteiger charge is -2.22. The molecule has 39 heavy (non-hydrogen) atoms. The molecule has 3 amide bonds. The number of hydrogen-bond acceptors (Lipinski definition) is 7. The van der Waals surface area contributed by atoms with Gasteiger partial charge < -0.3 is 24.5 Å². The third kappa shape index (κ3) is 8.87. The third-order valence-electron chi connectivity index (χ3n) is 5.88. The number of para-hydroxylation sites is 1. The largest absolute Gasteiger partial charge is 0.493 e. The molecule has 208 valence electrons. The zero-order valence-corrected chi connectivity index (χ0v) is 22.7. The topological polar surface area (TPSA) is 131 Å². The highest BCUT2D eigenvalue weighted by Gasteiger charge is 2.26. The van der Waals surface area contributed by atoms with Crippen LogP contribution in [-0.2, 0) is 16.0 Å². The molecule has 0 fully saturated rings. The van der Waals surface area contributed by atoms with Gasteiger partial charge in [-0.05, 0) is 49.8 Å². The number of aryl methyl sites for hydroxylation is 1. The predicted octanol–water partition coefficient (Wildman–Crippen LogP) is 4.44. The second-order valence-electron chi connectivity index (χ2n) is 9.39. The maximum atomic E-state index is 13.4. The maximum absolute atomic E-state index is 13.4. The van der Waals surface area contributed by atoms with Crippen LogP contribution in [0.1, 0.15) is 49.7 Å². The Bertz CT molecular complexity index is 1270. The van der Waals surface area contributed by atoms with Crippen molar-refractivity contribution in [2.75, 3.05) is 13.7 Å². The summed E-state index contributed by atoms with van der Waals surface area (Å²) in [6.45, 7) is 5.84. The Morgan fingerprint density at radius 3 is 2.51 bits per heavy atom. The van der Waals surface area contributed by atoms with Gasteiger partial charge in [-0.3, -0.25) is 9.59 Å². The molecule has 1 aromatic heterocycles. The molecule has 0 unspecified atom stereocenters. The minimum absolute atomic E-state index is 0.0804. The molecule has 0 spiro atoms. The Morgan fingerprint density at radius 2 is 1.82 bits per heavy atom. The van der Waals surface area contributed by atoms with Crippen LogP contribution in [0.4, 0.5) is 4.79 Å². The van der Waals surface area contributed by atoms with Gasteiger partial charge in [0.25, 0.3) is 5.91 Å². The molecule has 0 aliphatic heterocycles. The number of hydrazone groups is 1. The smallest absolute Gasteiger partial charge is 0.427 e. The molecule has 0 radical (unpaired) electrons. The summed E-state index contributed by atoms with van der Waals surface area (Å²) in [6.07, 6.45) is 2.37. The summed E-state index contributed by atoms with van der Waals surface area (Å²) in [5.74, 6) is -0.158. The number of hydrogen-bond donors (Lipinski definition) is 3. The van der Waals surface area contributed by atoms with Crippen molar-refractivity contribution in [3.05, 3.63) is 65.9 Å². The number of carbonyl (C=O) groups is 3. The van der Waals surface area contributed by atoms with Crippen molar-refractivity contribution in [2.45, 2.75) is 52.1 Å². The van der Waals surface area contributed by atoms with Crippen molar-refractivity contribution in [3.8, 4) is 5.75 Å². The number of furan rings is 1. The molecule has 10 heteroatoms. The van der Waals surface area contributed by atoms with Crippen LogP contribution < -0.4 is 20.8 Å². The molecule has 3 N–H and O–H groups in total. The molecule has 10 nitrogen and oxygen atoms in total. The van der Waals surface area contributed by atoms with Crippen LogP contribution in [0.2, 0.25) is 0 Å². The number of fused-ring (bicyclic) bond motifs is 1. The van der Waals surface area contributed by atoms with Gasteiger partial charge in [0.05, 0.1) is 19.8 Å². The molecular weight excluding hydrogens is 500 g/mol. The van der Waals surface area contributed by atoms with E-state index < -0.39 is 24.1 Å². The second-order valence-corrected chi connectivity index (χ2v) is 9.39. The third-order valence-corrected chi connectivity index (χ3v) is 5.88. The number of carbonyl (C=O) groups excluding carboxylic acids is 3. The van der Waals surface area contributed by atoms with Crippen LogP contribution in [-0.4, -0.2) is 49.9 Å². The van der Waals surface area contributed by atoms with Crippen LogP contribution in [0.25, 0.3) is 11.0 Å². The van der Waals surface area contributed by atoms with Gasteiger partial charge in [0.2, 0.25) is 5.91 Å². The SMILES string of the molecule is CCOC(=O)N/N=C/[C@H](CCc1ccccc1)NC(=O)[C@H](CC(C)C)NC(=O)c1cc2cccc(OC)c2o1. The van der Waals surface area contributed by atoms with Crippen molar-refractivity contribution < 1.29 is 28.3 Å². The predicted molar refractivity (Wildman–Crippen MR) is 149 cm³/mol. The maximum Gasteiger partial charge on any atom is 0.427 e. The molecule has 2 aromatic carbocycles. The van der Waals surface area contributed by atoms with E-state index in [-0.39, 0.29) is 24.2 Å². The first-order valence-corrected chi connectivity index (χ1v) is 13.0. The average molecular weight is 537 g/mol. The molecule has 0 aliphatic carbocycles. The summed E-state index contributed by atoms with van der Waals surface area (Å²) in [6, 6.07) is 15.5. The van der Waals surface area contributed by atoms with Gasteiger partial charge in [-0.1, -0.05) is 56.3 Å². The molecule has 0 saturated heterocycles. The molecular formula is C29H36N4O6. The van der Waals surface area contributed by atoms with Crippen molar-refractivity contribution in [1.82, 2.24) is 16.1 Å². The first kappa shape index (κ1) is 29.2. The van der Waals surface area contributed by atoms with E-state index >= 15 is 0 Å². The Morgan fingerprint density at radius 1 is 1.05 bits per heavy atom. The number of methoxy groups -OCH3 is 1. The van der Waals surface area contributed by atoms with Crippen molar-refractivity contribution in [3.63, 3.8) is 0 Å². The van der Waals surface area contributed by atoms with E-state index in [1.54, 1.807) is 25.1 Å². The van der Waals surface area contributed by atoms with Gasteiger partial charge in [0.15, 0.2) is 17.1 Å². The second kappa shape index (κ2) is 14.6.